The van der Waals surface area contributed by atoms with Gasteiger partial charge in [0.15, 0.2) is 0 Å². The summed E-state index contributed by atoms with van der Waals surface area (Å²) in [5.41, 5.74) is 1.34. The van der Waals surface area contributed by atoms with Crippen molar-refractivity contribution in [3.05, 3.63) is 51.3 Å². The monoisotopic (exact) mass is 437 g/mol. The maximum atomic E-state index is 12.6. The molecule has 0 aliphatic rings. The molecule has 0 bridgehead atoms. The molecule has 0 radical (unpaired) electrons. The number of benzene rings is 1. The van der Waals surface area contributed by atoms with E-state index in [1.807, 2.05) is 19.1 Å². The number of rotatable bonds is 4. The molecular weight excluding hydrogens is 422 g/mol. The number of hydrogen-bond donors (Lipinski definition) is 1. The Morgan fingerprint density at radius 3 is 2.41 bits per heavy atom. The van der Waals surface area contributed by atoms with Gasteiger partial charge in [-0.2, -0.15) is 0 Å². The number of thiazole rings is 1. The lowest BCUT2D eigenvalue weighted by Crippen LogP contribution is -2.16. The fourth-order valence-electron chi connectivity index (χ4n) is 2.13. The fraction of sp³-hybridized carbons (Fsp3) is 0.167. The Labute approximate surface area is 174 Å². The molecule has 0 aliphatic carbocycles. The number of halogens is 1. The van der Waals surface area contributed by atoms with E-state index < -0.39 is 0 Å². The van der Waals surface area contributed by atoms with Crippen molar-refractivity contribution in [2.24, 2.45) is 0 Å². The first kappa shape index (κ1) is 19.9. The minimum atomic E-state index is -0.205. The normalized spacial score (nSPS) is 10.7. The second kappa shape index (κ2) is 8.43. The molecule has 1 aromatic carbocycles. The van der Waals surface area contributed by atoms with Gasteiger partial charge in [0, 0.05) is 24.7 Å². The van der Waals surface area contributed by atoms with Crippen LogP contribution < -0.4 is 5.32 Å². The smallest absolute Gasteiger partial charge is 0.285 e. The summed E-state index contributed by atoms with van der Waals surface area (Å²) in [6, 6.07) is 10.9. The predicted octanol–water partition coefficient (Wildman–Crippen LogP) is 5.86. The van der Waals surface area contributed by atoms with Crippen molar-refractivity contribution in [3.63, 3.8) is 0 Å². The largest absolute Gasteiger partial charge is 0.339 e. The maximum absolute atomic E-state index is 12.6. The number of hydrogen-bond acceptors (Lipinski definition) is 6. The SMILES string of the molecule is Cc1nc(-c2ccc(Cl)s2)sc1C(=O)Nc1ccc(SC(=O)N(C)C)cc1. The molecule has 0 atom stereocenters. The first-order valence-corrected chi connectivity index (χ1v) is 10.7. The fourth-order valence-corrected chi connectivity index (χ4v) is 4.84. The van der Waals surface area contributed by atoms with Crippen LogP contribution in [0.25, 0.3) is 9.88 Å². The number of amides is 2. The third-order valence-electron chi connectivity index (χ3n) is 3.47. The van der Waals surface area contributed by atoms with Gasteiger partial charge in [0.05, 0.1) is 14.9 Å². The van der Waals surface area contributed by atoms with Crippen LogP contribution in [0.3, 0.4) is 0 Å². The van der Waals surface area contributed by atoms with Gasteiger partial charge in [-0.1, -0.05) is 11.6 Å². The van der Waals surface area contributed by atoms with Gasteiger partial charge in [-0.3, -0.25) is 9.59 Å². The van der Waals surface area contributed by atoms with E-state index in [4.69, 9.17) is 11.6 Å². The predicted molar refractivity (Wildman–Crippen MR) is 115 cm³/mol. The van der Waals surface area contributed by atoms with Gasteiger partial charge in [0.2, 0.25) is 0 Å². The zero-order valence-corrected chi connectivity index (χ0v) is 18.0. The van der Waals surface area contributed by atoms with Gasteiger partial charge in [0.1, 0.15) is 9.88 Å². The van der Waals surface area contributed by atoms with Crippen molar-refractivity contribution in [2.75, 3.05) is 19.4 Å². The standard InChI is InChI=1S/C18H16ClN3O2S3/c1-10-15(27-17(20-10)13-8-9-14(19)26-13)16(23)21-11-4-6-12(7-5-11)25-18(24)22(2)3/h4-9H,1-3H3,(H,21,23). The average Bonchev–Trinajstić information content (AvgIpc) is 3.22. The van der Waals surface area contributed by atoms with Gasteiger partial charge >= 0.3 is 0 Å². The maximum Gasteiger partial charge on any atom is 0.285 e. The molecule has 0 saturated heterocycles. The molecule has 1 N–H and O–H groups in total. The number of carbonyl (C=O) groups is 2. The van der Waals surface area contributed by atoms with Crippen LogP contribution >= 0.6 is 46.0 Å². The van der Waals surface area contributed by atoms with Gasteiger partial charge in [-0.15, -0.1) is 22.7 Å². The number of aromatic nitrogens is 1. The van der Waals surface area contributed by atoms with Gasteiger partial charge < -0.3 is 10.2 Å². The highest BCUT2D eigenvalue weighted by molar-refractivity contribution is 8.13. The second-order valence-corrected chi connectivity index (χ2v) is 9.52. The van der Waals surface area contributed by atoms with Crippen molar-refractivity contribution >= 4 is 62.9 Å². The minimum absolute atomic E-state index is 0.0479. The number of carbonyl (C=O) groups excluding carboxylic acids is 2. The summed E-state index contributed by atoms with van der Waals surface area (Å²) in [6.45, 7) is 1.82. The van der Waals surface area contributed by atoms with Crippen LogP contribution in [0.4, 0.5) is 10.5 Å². The quantitative estimate of drug-likeness (QED) is 0.519. The molecular formula is C18H16ClN3O2S3. The number of thiophene rings is 1. The third kappa shape index (κ3) is 4.90. The van der Waals surface area contributed by atoms with Gasteiger partial charge in [-0.05, 0) is 55.1 Å². The van der Waals surface area contributed by atoms with Crippen LogP contribution in [-0.2, 0) is 0 Å². The van der Waals surface area contributed by atoms with E-state index in [0.717, 1.165) is 26.5 Å². The van der Waals surface area contributed by atoms with Crippen molar-refractivity contribution in [3.8, 4) is 9.88 Å². The van der Waals surface area contributed by atoms with E-state index >= 15 is 0 Å². The van der Waals surface area contributed by atoms with E-state index in [-0.39, 0.29) is 11.1 Å². The molecule has 0 fully saturated rings. The summed E-state index contributed by atoms with van der Waals surface area (Å²) < 4.78 is 0.689. The molecule has 2 aromatic heterocycles. The Bertz CT molecular complexity index is 980. The Morgan fingerprint density at radius 2 is 1.81 bits per heavy atom. The van der Waals surface area contributed by atoms with Crippen LogP contribution in [0.5, 0.6) is 0 Å². The van der Waals surface area contributed by atoms with Crippen LogP contribution in [0.1, 0.15) is 15.4 Å². The minimum Gasteiger partial charge on any atom is -0.339 e. The topological polar surface area (TPSA) is 62.3 Å². The van der Waals surface area contributed by atoms with Gasteiger partial charge in [0.25, 0.3) is 11.1 Å². The summed E-state index contributed by atoms with van der Waals surface area (Å²) in [6.07, 6.45) is 0. The van der Waals surface area contributed by atoms with Crippen molar-refractivity contribution in [1.29, 1.82) is 0 Å². The average molecular weight is 438 g/mol. The summed E-state index contributed by atoms with van der Waals surface area (Å²) in [5, 5.41) is 3.61. The third-order valence-corrected chi connectivity index (χ3v) is 7.07. The number of anilines is 1. The Morgan fingerprint density at radius 1 is 1.11 bits per heavy atom. The van der Waals surface area contributed by atoms with Crippen LogP contribution in [0.2, 0.25) is 4.34 Å². The summed E-state index contributed by atoms with van der Waals surface area (Å²) >= 11 is 9.89. The lowest BCUT2D eigenvalue weighted by molar-refractivity contribution is 0.103. The van der Waals surface area contributed by atoms with E-state index in [9.17, 15) is 9.59 Å². The molecule has 5 nitrogen and oxygen atoms in total. The number of aryl methyl sites for hydroxylation is 1. The molecule has 0 unspecified atom stereocenters. The molecule has 3 rings (SSSR count). The van der Waals surface area contributed by atoms with Crippen molar-refractivity contribution in [1.82, 2.24) is 9.88 Å². The Balaban J connectivity index is 1.70. The van der Waals surface area contributed by atoms with Crippen molar-refractivity contribution in [2.45, 2.75) is 11.8 Å². The zero-order chi connectivity index (χ0) is 19.6. The molecule has 0 spiro atoms. The highest BCUT2D eigenvalue weighted by atomic mass is 35.5. The van der Waals surface area contributed by atoms with E-state index in [2.05, 4.69) is 10.3 Å². The van der Waals surface area contributed by atoms with E-state index in [1.165, 1.54) is 27.6 Å². The lowest BCUT2D eigenvalue weighted by atomic mass is 10.3. The van der Waals surface area contributed by atoms with Crippen LogP contribution in [0, 0.1) is 6.92 Å². The summed E-state index contributed by atoms with van der Waals surface area (Å²) in [5.74, 6) is -0.205. The molecule has 9 heteroatoms. The van der Waals surface area contributed by atoms with E-state index in [1.54, 1.807) is 38.4 Å². The number of nitrogens with one attached hydrogen (secondary N) is 1. The van der Waals surface area contributed by atoms with Crippen LogP contribution in [-0.4, -0.2) is 35.1 Å². The zero-order valence-electron chi connectivity index (χ0n) is 14.8. The molecule has 0 aliphatic heterocycles. The highest BCUT2D eigenvalue weighted by Crippen LogP contribution is 2.35. The molecule has 140 valence electrons. The van der Waals surface area contributed by atoms with E-state index in [0.29, 0.717) is 20.6 Å². The molecule has 0 saturated carbocycles. The summed E-state index contributed by atoms with van der Waals surface area (Å²) in [4.78, 5) is 32.7. The Hall–Kier alpha value is -1.87. The van der Waals surface area contributed by atoms with Crippen LogP contribution in [0.15, 0.2) is 41.3 Å². The number of nitrogens with zero attached hydrogens (tertiary/aromatic N) is 2. The molecule has 3 aromatic rings. The Kier molecular flexibility index (Phi) is 6.21. The van der Waals surface area contributed by atoms with Crippen molar-refractivity contribution < 1.29 is 9.59 Å². The first-order chi connectivity index (χ1) is 12.8. The molecule has 2 amide bonds. The summed E-state index contributed by atoms with van der Waals surface area (Å²) in [7, 11) is 3.42. The van der Waals surface area contributed by atoms with Gasteiger partial charge in [-0.25, -0.2) is 4.98 Å². The lowest BCUT2D eigenvalue weighted by Gasteiger charge is -2.09. The first-order valence-electron chi connectivity index (χ1n) is 7.87. The number of thioether (sulfide) groups is 1. The highest BCUT2D eigenvalue weighted by Gasteiger charge is 2.17. The molecule has 27 heavy (non-hydrogen) atoms. The second-order valence-electron chi connectivity index (χ2n) is 5.78. The molecule has 2 heterocycles.